The molecular formula is C27H24BrN3O5. The molecule has 0 unspecified atom stereocenters. The number of carboxylic acids is 1. The van der Waals surface area contributed by atoms with E-state index in [1.54, 1.807) is 48.5 Å². The Bertz CT molecular complexity index is 1510. The largest absolute Gasteiger partial charge is 0.493 e. The Balaban J connectivity index is 1.72. The standard InChI is InChI=1S/C27H24BrN3O5/c1-3-6-24-30-22-12-11-20(28)14-21(22)26(32)31(24)29-15-19-9-5-10-23(35-2)25(19)36-16-17-7-4-8-18(13-17)27(33)34/h4-5,7-15H,3,6,16H2,1-2H3,(H,33,34). The number of aromatic nitrogens is 2. The first-order chi connectivity index (χ1) is 17.4. The third kappa shape index (κ3) is 5.46. The minimum atomic E-state index is -1.01. The smallest absolute Gasteiger partial charge is 0.335 e. The van der Waals surface area contributed by atoms with Gasteiger partial charge < -0.3 is 14.6 Å². The number of rotatable bonds is 9. The van der Waals surface area contributed by atoms with E-state index in [1.807, 2.05) is 13.0 Å². The molecule has 0 saturated heterocycles. The Hall–Kier alpha value is -3.98. The average molecular weight is 550 g/mol. The van der Waals surface area contributed by atoms with E-state index in [0.29, 0.717) is 45.8 Å². The van der Waals surface area contributed by atoms with Crippen molar-refractivity contribution in [2.24, 2.45) is 5.10 Å². The van der Waals surface area contributed by atoms with Crippen LogP contribution < -0.4 is 15.0 Å². The number of halogens is 1. The van der Waals surface area contributed by atoms with Crippen LogP contribution in [0.2, 0.25) is 0 Å². The van der Waals surface area contributed by atoms with E-state index in [9.17, 15) is 14.7 Å². The Morgan fingerprint density at radius 3 is 2.72 bits per heavy atom. The van der Waals surface area contributed by atoms with Crippen LogP contribution in [-0.2, 0) is 13.0 Å². The molecule has 4 aromatic rings. The number of fused-ring (bicyclic) bond motifs is 1. The van der Waals surface area contributed by atoms with E-state index in [1.165, 1.54) is 24.1 Å². The number of benzene rings is 3. The predicted molar refractivity (Wildman–Crippen MR) is 141 cm³/mol. The minimum Gasteiger partial charge on any atom is -0.493 e. The average Bonchev–Trinajstić information content (AvgIpc) is 2.88. The number of hydrogen-bond acceptors (Lipinski definition) is 6. The van der Waals surface area contributed by atoms with Gasteiger partial charge in [-0.05, 0) is 54.4 Å². The molecule has 184 valence electrons. The lowest BCUT2D eigenvalue weighted by Gasteiger charge is -2.14. The zero-order valence-electron chi connectivity index (χ0n) is 19.8. The summed E-state index contributed by atoms with van der Waals surface area (Å²) in [7, 11) is 1.53. The van der Waals surface area contributed by atoms with Gasteiger partial charge in [0.05, 0.1) is 29.8 Å². The number of ether oxygens (including phenoxy) is 2. The topological polar surface area (TPSA) is 103 Å². The van der Waals surface area contributed by atoms with Crippen LogP contribution in [0.1, 0.15) is 40.7 Å². The van der Waals surface area contributed by atoms with Crippen LogP contribution in [0.4, 0.5) is 0 Å². The zero-order valence-corrected chi connectivity index (χ0v) is 21.4. The first-order valence-electron chi connectivity index (χ1n) is 11.3. The molecule has 3 aromatic carbocycles. The van der Waals surface area contributed by atoms with Crippen molar-refractivity contribution < 1.29 is 19.4 Å². The highest BCUT2D eigenvalue weighted by molar-refractivity contribution is 9.10. The van der Waals surface area contributed by atoms with Gasteiger partial charge in [0.15, 0.2) is 11.5 Å². The lowest BCUT2D eigenvalue weighted by Crippen LogP contribution is -2.22. The molecule has 8 nitrogen and oxygen atoms in total. The number of hydrogen-bond donors (Lipinski definition) is 1. The molecule has 0 atom stereocenters. The number of carboxylic acid groups (broad SMARTS) is 1. The van der Waals surface area contributed by atoms with E-state index < -0.39 is 5.97 Å². The summed E-state index contributed by atoms with van der Waals surface area (Å²) in [5, 5.41) is 14.2. The summed E-state index contributed by atoms with van der Waals surface area (Å²) in [6.45, 7) is 2.13. The second-order valence-corrected chi connectivity index (χ2v) is 8.89. The van der Waals surface area contributed by atoms with Crippen LogP contribution >= 0.6 is 15.9 Å². The fourth-order valence-electron chi connectivity index (χ4n) is 3.72. The molecule has 0 amide bonds. The molecule has 0 bridgehead atoms. The summed E-state index contributed by atoms with van der Waals surface area (Å²) in [6.07, 6.45) is 2.92. The fourth-order valence-corrected chi connectivity index (χ4v) is 4.08. The Labute approximate surface area is 216 Å². The summed E-state index contributed by atoms with van der Waals surface area (Å²) in [5.41, 5.74) is 1.81. The van der Waals surface area contributed by atoms with Crippen molar-refractivity contribution in [2.45, 2.75) is 26.4 Å². The van der Waals surface area contributed by atoms with Gasteiger partial charge in [-0.2, -0.15) is 9.78 Å². The van der Waals surface area contributed by atoms with Crippen molar-refractivity contribution in [1.82, 2.24) is 9.66 Å². The lowest BCUT2D eigenvalue weighted by molar-refractivity contribution is 0.0696. The maximum atomic E-state index is 13.3. The lowest BCUT2D eigenvalue weighted by atomic mass is 10.1. The summed E-state index contributed by atoms with van der Waals surface area (Å²) < 4.78 is 13.6. The van der Waals surface area contributed by atoms with E-state index in [2.05, 4.69) is 26.0 Å². The molecule has 1 heterocycles. The van der Waals surface area contributed by atoms with Crippen molar-refractivity contribution in [1.29, 1.82) is 0 Å². The Morgan fingerprint density at radius 1 is 1.17 bits per heavy atom. The fraction of sp³-hybridized carbons (Fsp3) is 0.185. The second kappa shape index (κ2) is 11.2. The van der Waals surface area contributed by atoms with Gasteiger partial charge >= 0.3 is 5.97 Å². The molecule has 1 N–H and O–H groups in total. The number of methoxy groups -OCH3 is 1. The SMILES string of the molecule is CCCc1nc2ccc(Br)cc2c(=O)n1N=Cc1cccc(OC)c1OCc1cccc(C(=O)O)c1. The van der Waals surface area contributed by atoms with Crippen molar-refractivity contribution in [3.05, 3.63) is 98.0 Å². The first kappa shape index (κ1) is 25.1. The summed E-state index contributed by atoms with van der Waals surface area (Å²) in [6, 6.07) is 17.3. The summed E-state index contributed by atoms with van der Waals surface area (Å²) in [5.74, 6) is 0.455. The maximum absolute atomic E-state index is 13.3. The van der Waals surface area contributed by atoms with Gasteiger partial charge in [-0.3, -0.25) is 4.79 Å². The summed E-state index contributed by atoms with van der Waals surface area (Å²) >= 11 is 3.41. The normalized spacial score (nSPS) is 11.2. The van der Waals surface area contributed by atoms with Gasteiger partial charge in [-0.25, -0.2) is 9.78 Å². The van der Waals surface area contributed by atoms with Crippen LogP contribution in [0.25, 0.3) is 10.9 Å². The van der Waals surface area contributed by atoms with Gasteiger partial charge in [0, 0.05) is 16.5 Å². The molecule has 0 radical (unpaired) electrons. The third-order valence-corrected chi connectivity index (χ3v) is 5.94. The van der Waals surface area contributed by atoms with Gasteiger partial charge in [0.2, 0.25) is 0 Å². The van der Waals surface area contributed by atoms with Crippen molar-refractivity contribution in [2.75, 3.05) is 7.11 Å². The highest BCUT2D eigenvalue weighted by Crippen LogP contribution is 2.31. The van der Waals surface area contributed by atoms with Crippen LogP contribution in [0.15, 0.2) is 75.0 Å². The number of carbonyl (C=O) groups is 1. The molecule has 0 saturated carbocycles. The van der Waals surface area contributed by atoms with Crippen LogP contribution in [0.5, 0.6) is 11.5 Å². The van der Waals surface area contributed by atoms with Gasteiger partial charge in [0.25, 0.3) is 5.56 Å². The third-order valence-electron chi connectivity index (χ3n) is 5.45. The highest BCUT2D eigenvalue weighted by atomic mass is 79.9. The van der Waals surface area contributed by atoms with E-state index >= 15 is 0 Å². The molecule has 0 aliphatic carbocycles. The van der Waals surface area contributed by atoms with Crippen molar-refractivity contribution >= 4 is 39.0 Å². The minimum absolute atomic E-state index is 0.120. The molecule has 4 rings (SSSR count). The molecule has 0 aliphatic heterocycles. The van der Waals surface area contributed by atoms with Crippen molar-refractivity contribution in [3.8, 4) is 11.5 Å². The molecule has 0 fully saturated rings. The van der Waals surface area contributed by atoms with Crippen LogP contribution in [0.3, 0.4) is 0 Å². The molecule has 0 spiro atoms. The first-order valence-corrected chi connectivity index (χ1v) is 12.1. The number of aromatic carboxylic acids is 1. The van der Waals surface area contributed by atoms with E-state index in [-0.39, 0.29) is 17.7 Å². The molecule has 0 aliphatic rings. The quantitative estimate of drug-likeness (QED) is 0.285. The Morgan fingerprint density at radius 2 is 1.97 bits per heavy atom. The number of para-hydroxylation sites is 1. The highest BCUT2D eigenvalue weighted by Gasteiger charge is 2.13. The van der Waals surface area contributed by atoms with E-state index in [0.717, 1.165) is 10.9 Å². The van der Waals surface area contributed by atoms with Gasteiger partial charge in [0.1, 0.15) is 12.4 Å². The molecule has 9 heteroatoms. The summed E-state index contributed by atoms with van der Waals surface area (Å²) in [4.78, 5) is 29.2. The zero-order chi connectivity index (χ0) is 25.7. The monoisotopic (exact) mass is 549 g/mol. The van der Waals surface area contributed by atoms with E-state index in [4.69, 9.17) is 9.47 Å². The van der Waals surface area contributed by atoms with Crippen LogP contribution in [-0.4, -0.2) is 34.1 Å². The van der Waals surface area contributed by atoms with Crippen molar-refractivity contribution in [3.63, 3.8) is 0 Å². The van der Waals surface area contributed by atoms with Crippen LogP contribution in [0, 0.1) is 0 Å². The van der Waals surface area contributed by atoms with Gasteiger partial charge in [-0.15, -0.1) is 0 Å². The molecular weight excluding hydrogens is 526 g/mol. The predicted octanol–water partition coefficient (Wildman–Crippen LogP) is 5.28. The maximum Gasteiger partial charge on any atom is 0.335 e. The number of aryl methyl sites for hydroxylation is 1. The second-order valence-electron chi connectivity index (χ2n) is 7.97. The number of nitrogens with zero attached hydrogens (tertiary/aromatic N) is 3. The molecule has 1 aromatic heterocycles. The molecule has 36 heavy (non-hydrogen) atoms. The van der Waals surface area contributed by atoms with Gasteiger partial charge in [-0.1, -0.05) is 41.1 Å². The Kier molecular flexibility index (Phi) is 7.80.